The number of rotatable bonds is 3. The molecule has 0 N–H and O–H groups in total. The highest BCUT2D eigenvalue weighted by atomic mass is 32.1. The van der Waals surface area contributed by atoms with Crippen LogP contribution in [0.15, 0.2) is 12.4 Å². The van der Waals surface area contributed by atoms with Crippen molar-refractivity contribution in [2.24, 2.45) is 0 Å². The second kappa shape index (κ2) is 5.49. The van der Waals surface area contributed by atoms with E-state index < -0.39 is 0 Å². The number of anilines is 1. The molecule has 2 aromatic rings. The van der Waals surface area contributed by atoms with Crippen LogP contribution in [0.25, 0.3) is 0 Å². The number of amides is 1. The third kappa shape index (κ3) is 2.52. The number of carbonyl (C=O) groups excluding carboxylic acids is 1. The maximum absolute atomic E-state index is 12.9. The molecule has 1 aliphatic carbocycles. The van der Waals surface area contributed by atoms with Gasteiger partial charge in [-0.25, -0.2) is 15.0 Å². The highest BCUT2D eigenvalue weighted by Crippen LogP contribution is 2.41. The predicted octanol–water partition coefficient (Wildman–Crippen LogP) is 2.53. The number of thiazole rings is 1. The fourth-order valence-corrected chi connectivity index (χ4v) is 4.98. The molecule has 2 bridgehead atoms. The van der Waals surface area contributed by atoms with E-state index in [9.17, 15) is 4.79 Å². The van der Waals surface area contributed by atoms with Crippen molar-refractivity contribution in [3.05, 3.63) is 33.7 Å². The molecule has 0 aromatic carbocycles. The molecule has 0 spiro atoms. The quantitative estimate of drug-likeness (QED) is 0.847. The van der Waals surface area contributed by atoms with Crippen molar-refractivity contribution >= 4 is 23.1 Å². The van der Waals surface area contributed by atoms with Gasteiger partial charge in [0.1, 0.15) is 17.0 Å². The fourth-order valence-electron chi connectivity index (χ4n) is 4.11. The van der Waals surface area contributed by atoms with E-state index in [1.54, 1.807) is 6.33 Å². The van der Waals surface area contributed by atoms with Gasteiger partial charge in [-0.05, 0) is 33.1 Å². The monoisotopic (exact) mass is 355 g/mol. The molecule has 3 saturated heterocycles. The van der Waals surface area contributed by atoms with Crippen molar-refractivity contribution in [2.45, 2.75) is 51.1 Å². The molecule has 2 aromatic heterocycles. The number of hydrogen-bond donors (Lipinski definition) is 0. The van der Waals surface area contributed by atoms with Crippen molar-refractivity contribution in [3.63, 3.8) is 0 Å². The van der Waals surface area contributed by atoms with Gasteiger partial charge in [0.2, 0.25) is 0 Å². The molecule has 25 heavy (non-hydrogen) atoms. The maximum Gasteiger partial charge on any atom is 0.266 e. The maximum atomic E-state index is 12.9. The fraction of sp³-hybridized carbons (Fsp3) is 0.556. The minimum absolute atomic E-state index is 0.158. The van der Waals surface area contributed by atoms with Crippen molar-refractivity contribution in [3.8, 4) is 0 Å². The number of carbonyl (C=O) groups is 1. The van der Waals surface area contributed by atoms with Crippen molar-refractivity contribution in [1.82, 2.24) is 19.9 Å². The van der Waals surface area contributed by atoms with Gasteiger partial charge in [0.15, 0.2) is 0 Å². The Balaban J connectivity index is 1.33. The summed E-state index contributed by atoms with van der Waals surface area (Å²) in [7, 11) is 0. The van der Waals surface area contributed by atoms with E-state index in [-0.39, 0.29) is 18.0 Å². The zero-order valence-electron chi connectivity index (χ0n) is 14.5. The largest absolute Gasteiger partial charge is 0.352 e. The summed E-state index contributed by atoms with van der Waals surface area (Å²) in [5.41, 5.74) is 2.03. The molecular weight excluding hydrogens is 334 g/mol. The molecule has 1 amide bonds. The molecular formula is C18H21N5OS. The first-order valence-corrected chi connectivity index (χ1v) is 9.75. The number of nitrogens with zero attached hydrogens (tertiary/aromatic N) is 5. The van der Waals surface area contributed by atoms with Gasteiger partial charge < -0.3 is 9.80 Å². The van der Waals surface area contributed by atoms with E-state index >= 15 is 0 Å². The zero-order valence-corrected chi connectivity index (χ0v) is 15.3. The third-order valence-electron chi connectivity index (χ3n) is 5.52. The van der Waals surface area contributed by atoms with Gasteiger partial charge in [-0.15, -0.1) is 11.3 Å². The molecule has 1 saturated carbocycles. The molecule has 5 heterocycles. The van der Waals surface area contributed by atoms with Crippen LogP contribution >= 0.6 is 11.3 Å². The Morgan fingerprint density at radius 1 is 1.20 bits per heavy atom. The average Bonchev–Trinajstić information content (AvgIpc) is 3.39. The zero-order chi connectivity index (χ0) is 17.1. The van der Waals surface area contributed by atoms with Crippen LogP contribution in [-0.4, -0.2) is 50.9 Å². The SMILES string of the molecule is Cc1nc(C)c(C(=O)N2C3CC2CN(c2cc(C4CC4)ncn2)C3)s1. The van der Waals surface area contributed by atoms with Crippen LogP contribution in [0, 0.1) is 13.8 Å². The Labute approximate surface area is 150 Å². The molecule has 2 atom stereocenters. The summed E-state index contributed by atoms with van der Waals surface area (Å²) >= 11 is 1.51. The second-order valence-electron chi connectivity index (χ2n) is 7.38. The first kappa shape index (κ1) is 15.3. The number of fused-ring (bicyclic) bond motifs is 2. The lowest BCUT2D eigenvalue weighted by Gasteiger charge is -2.56. The molecule has 4 fully saturated rings. The van der Waals surface area contributed by atoms with Gasteiger partial charge in [0.05, 0.1) is 22.8 Å². The second-order valence-corrected chi connectivity index (χ2v) is 8.59. The van der Waals surface area contributed by atoms with E-state index in [1.165, 1.54) is 29.9 Å². The van der Waals surface area contributed by atoms with E-state index in [0.29, 0.717) is 5.92 Å². The van der Waals surface area contributed by atoms with Crippen LogP contribution in [-0.2, 0) is 0 Å². The van der Waals surface area contributed by atoms with Crippen LogP contribution in [0.3, 0.4) is 0 Å². The molecule has 0 radical (unpaired) electrons. The molecule has 2 unspecified atom stereocenters. The highest BCUT2D eigenvalue weighted by Gasteiger charge is 2.48. The van der Waals surface area contributed by atoms with Gasteiger partial charge in [-0.1, -0.05) is 0 Å². The number of aromatic nitrogens is 3. The summed E-state index contributed by atoms with van der Waals surface area (Å²) in [5.74, 6) is 1.81. The van der Waals surface area contributed by atoms with Gasteiger partial charge in [-0.3, -0.25) is 4.79 Å². The number of aryl methyl sites for hydroxylation is 2. The Bertz CT molecular complexity index is 834. The van der Waals surface area contributed by atoms with Crippen molar-refractivity contribution < 1.29 is 4.79 Å². The summed E-state index contributed by atoms with van der Waals surface area (Å²) in [4.78, 5) is 31.4. The summed E-state index contributed by atoms with van der Waals surface area (Å²) in [6.07, 6.45) is 5.28. The average molecular weight is 355 g/mol. The Morgan fingerprint density at radius 2 is 1.96 bits per heavy atom. The third-order valence-corrected chi connectivity index (χ3v) is 6.58. The lowest BCUT2D eigenvalue weighted by Crippen LogP contribution is -2.70. The van der Waals surface area contributed by atoms with Crippen molar-refractivity contribution in [2.75, 3.05) is 18.0 Å². The van der Waals surface area contributed by atoms with Crippen LogP contribution in [0.1, 0.15) is 51.2 Å². The minimum atomic E-state index is 0.158. The summed E-state index contributed by atoms with van der Waals surface area (Å²) in [5, 5.41) is 0.960. The lowest BCUT2D eigenvalue weighted by molar-refractivity contribution is 0.00612. The lowest BCUT2D eigenvalue weighted by atomic mass is 9.87. The molecule has 7 heteroatoms. The van der Waals surface area contributed by atoms with Crippen LogP contribution in [0.2, 0.25) is 0 Å². The smallest absolute Gasteiger partial charge is 0.266 e. The summed E-state index contributed by atoms with van der Waals surface area (Å²) < 4.78 is 0. The van der Waals surface area contributed by atoms with Crippen LogP contribution in [0.5, 0.6) is 0 Å². The Morgan fingerprint density at radius 3 is 2.60 bits per heavy atom. The molecule has 6 rings (SSSR count). The first-order chi connectivity index (χ1) is 12.1. The van der Waals surface area contributed by atoms with Crippen LogP contribution < -0.4 is 4.90 Å². The number of piperidine rings is 1. The molecule has 130 valence electrons. The predicted molar refractivity (Wildman–Crippen MR) is 96.2 cm³/mol. The summed E-state index contributed by atoms with van der Waals surface area (Å²) in [6.45, 7) is 5.61. The number of hydrogen-bond acceptors (Lipinski definition) is 6. The Hall–Kier alpha value is -2.02. The molecule has 4 aliphatic rings. The highest BCUT2D eigenvalue weighted by molar-refractivity contribution is 7.13. The molecule has 6 nitrogen and oxygen atoms in total. The van der Waals surface area contributed by atoms with E-state index in [4.69, 9.17) is 0 Å². The standard InChI is InChI=1S/C18H21N5OS/c1-10-17(25-11(2)21-10)18(24)23-13-5-14(23)8-22(7-13)16-6-15(12-3-4-12)19-9-20-16/h6,9,12-14H,3-5,7-8H2,1-2H3. The van der Waals surface area contributed by atoms with Gasteiger partial charge in [-0.2, -0.15) is 0 Å². The van der Waals surface area contributed by atoms with E-state index in [1.807, 2.05) is 13.8 Å². The minimum Gasteiger partial charge on any atom is -0.352 e. The van der Waals surface area contributed by atoms with E-state index in [2.05, 4.69) is 30.8 Å². The van der Waals surface area contributed by atoms with Crippen molar-refractivity contribution in [1.29, 1.82) is 0 Å². The first-order valence-electron chi connectivity index (χ1n) is 8.93. The molecule has 3 aliphatic heterocycles. The van der Waals surface area contributed by atoms with Gasteiger partial charge in [0, 0.05) is 30.8 Å². The van der Waals surface area contributed by atoms with Gasteiger partial charge in [0.25, 0.3) is 5.91 Å². The topological polar surface area (TPSA) is 62.2 Å². The number of piperazine rings is 1. The van der Waals surface area contributed by atoms with Gasteiger partial charge >= 0.3 is 0 Å². The summed E-state index contributed by atoms with van der Waals surface area (Å²) in [6, 6.07) is 2.71. The van der Waals surface area contributed by atoms with E-state index in [0.717, 1.165) is 40.9 Å². The Kier molecular flexibility index (Phi) is 3.35. The van der Waals surface area contributed by atoms with Crippen LogP contribution in [0.4, 0.5) is 5.82 Å². The normalized spacial score (nSPS) is 25.0.